The first kappa shape index (κ1) is 15.5. The van der Waals surface area contributed by atoms with Gasteiger partial charge in [0.25, 0.3) is 0 Å². The number of hydrogen-bond donors (Lipinski definition) is 2. The number of benzene rings is 2. The van der Waals surface area contributed by atoms with Gasteiger partial charge in [-0.3, -0.25) is 0 Å². The smallest absolute Gasteiger partial charge is 0.457 e. The van der Waals surface area contributed by atoms with Crippen molar-refractivity contribution >= 4 is 23.3 Å². The summed E-state index contributed by atoms with van der Waals surface area (Å²) in [5.41, 5.74) is 1.28. The van der Waals surface area contributed by atoms with Crippen LogP contribution in [-0.4, -0.2) is 17.4 Å². The fourth-order valence-corrected chi connectivity index (χ4v) is 1.98. The molecule has 0 spiro atoms. The molecule has 106 valence electrons. The molecule has 2 aromatic carbocycles. The minimum absolute atomic E-state index is 0.0306. The van der Waals surface area contributed by atoms with Gasteiger partial charge in [0, 0.05) is 4.47 Å². The molecule has 0 aromatic heterocycles. The monoisotopic (exact) mass is 347 g/mol. The summed E-state index contributed by atoms with van der Waals surface area (Å²) in [7, 11) is -1.82. The summed E-state index contributed by atoms with van der Waals surface area (Å²) in [6, 6.07) is 14.0. The van der Waals surface area contributed by atoms with Gasteiger partial charge in [-0.25, -0.2) is 0 Å². The summed E-state index contributed by atoms with van der Waals surface area (Å²) < 4.78 is 11.2. The molecule has 0 heterocycles. The van der Waals surface area contributed by atoms with Crippen molar-refractivity contribution in [2.45, 2.75) is 6.61 Å². The van der Waals surface area contributed by atoms with E-state index in [9.17, 15) is 0 Å². The zero-order valence-corrected chi connectivity index (χ0v) is 12.4. The van der Waals surface area contributed by atoms with E-state index in [4.69, 9.17) is 24.7 Å². The maximum Gasteiger partial charge on any atom is 0.634 e. The number of nitrogens with zero attached hydrogens (tertiary/aromatic N) is 1. The van der Waals surface area contributed by atoms with Gasteiger partial charge in [-0.15, -0.1) is 0 Å². The lowest BCUT2D eigenvalue weighted by atomic mass is 10.2. The summed E-state index contributed by atoms with van der Waals surface area (Å²) in [4.78, 5) is 0. The largest absolute Gasteiger partial charge is 0.634 e. The maximum atomic E-state index is 8.74. The van der Waals surface area contributed by atoms with Crippen LogP contribution in [0.1, 0.15) is 11.1 Å². The molecular weight excluding hydrogens is 337 g/mol. The lowest BCUT2D eigenvalue weighted by molar-refractivity contribution is 0.176. The predicted molar refractivity (Wildman–Crippen MR) is 80.4 cm³/mol. The predicted octanol–water partition coefficient (Wildman–Crippen LogP) is 2.60. The second-order valence-corrected chi connectivity index (χ2v) is 4.98. The summed E-state index contributed by atoms with van der Waals surface area (Å²) in [5.74, 6) is 1.18. The molecular formula is C14H11BBrNO4. The Hall–Kier alpha value is -1.85. The zero-order chi connectivity index (χ0) is 15.2. The molecule has 0 amide bonds. The van der Waals surface area contributed by atoms with E-state index in [2.05, 4.69) is 15.9 Å². The average molecular weight is 348 g/mol. The van der Waals surface area contributed by atoms with Crippen LogP contribution >= 0.6 is 15.9 Å². The SMILES string of the molecule is N#Cc1ccc(Oc2ccc(Br)c(COB(O)O)c2)cc1. The van der Waals surface area contributed by atoms with Crippen LogP contribution in [0.15, 0.2) is 46.9 Å². The first-order valence-electron chi connectivity index (χ1n) is 6.02. The Labute approximate surface area is 130 Å². The van der Waals surface area contributed by atoms with Crippen molar-refractivity contribution in [2.75, 3.05) is 0 Å². The van der Waals surface area contributed by atoms with Gasteiger partial charge in [-0.1, -0.05) is 15.9 Å². The molecule has 0 aliphatic rings. The topological polar surface area (TPSA) is 82.7 Å². The highest BCUT2D eigenvalue weighted by atomic mass is 79.9. The second-order valence-electron chi connectivity index (χ2n) is 4.13. The number of halogens is 1. The van der Waals surface area contributed by atoms with Crippen molar-refractivity contribution < 1.29 is 19.4 Å². The van der Waals surface area contributed by atoms with Gasteiger partial charge in [-0.05, 0) is 48.0 Å². The molecule has 0 atom stereocenters. The highest BCUT2D eigenvalue weighted by Crippen LogP contribution is 2.27. The van der Waals surface area contributed by atoms with Gasteiger partial charge in [-0.2, -0.15) is 5.26 Å². The van der Waals surface area contributed by atoms with Gasteiger partial charge in [0.2, 0.25) is 0 Å². The van der Waals surface area contributed by atoms with Crippen LogP contribution in [0.4, 0.5) is 0 Å². The molecule has 0 fully saturated rings. The van der Waals surface area contributed by atoms with Crippen LogP contribution in [0.25, 0.3) is 0 Å². The number of rotatable bonds is 5. The van der Waals surface area contributed by atoms with E-state index in [0.717, 1.165) is 4.47 Å². The van der Waals surface area contributed by atoms with Crippen LogP contribution in [0, 0.1) is 11.3 Å². The quantitative estimate of drug-likeness (QED) is 0.812. The third-order valence-corrected chi connectivity index (χ3v) is 3.40. The van der Waals surface area contributed by atoms with Crippen molar-refractivity contribution in [3.8, 4) is 17.6 Å². The highest BCUT2D eigenvalue weighted by molar-refractivity contribution is 9.10. The fourth-order valence-electron chi connectivity index (χ4n) is 1.62. The normalized spacial score (nSPS) is 10.0. The molecule has 21 heavy (non-hydrogen) atoms. The lowest BCUT2D eigenvalue weighted by Gasteiger charge is -2.10. The van der Waals surface area contributed by atoms with Gasteiger partial charge in [0.15, 0.2) is 0 Å². The van der Waals surface area contributed by atoms with E-state index < -0.39 is 7.32 Å². The van der Waals surface area contributed by atoms with Gasteiger partial charge < -0.3 is 19.4 Å². The third kappa shape index (κ3) is 4.58. The van der Waals surface area contributed by atoms with Crippen molar-refractivity contribution in [2.24, 2.45) is 0 Å². The van der Waals surface area contributed by atoms with Crippen molar-refractivity contribution in [1.82, 2.24) is 0 Å². The minimum atomic E-state index is -1.82. The molecule has 7 heteroatoms. The first-order valence-corrected chi connectivity index (χ1v) is 6.82. The number of nitriles is 1. The Kier molecular flexibility index (Phi) is 5.36. The Bertz CT molecular complexity index is 655. The van der Waals surface area contributed by atoms with Crippen molar-refractivity contribution in [3.05, 3.63) is 58.1 Å². The summed E-state index contributed by atoms with van der Waals surface area (Å²) in [6.07, 6.45) is 0. The Morgan fingerprint density at radius 3 is 2.38 bits per heavy atom. The highest BCUT2D eigenvalue weighted by Gasteiger charge is 2.11. The van der Waals surface area contributed by atoms with E-state index in [1.807, 2.05) is 6.07 Å². The van der Waals surface area contributed by atoms with Gasteiger partial charge in [0.05, 0.1) is 18.2 Å². The zero-order valence-electron chi connectivity index (χ0n) is 10.9. The van der Waals surface area contributed by atoms with Crippen molar-refractivity contribution in [3.63, 3.8) is 0 Å². The summed E-state index contributed by atoms with van der Waals surface area (Å²) >= 11 is 3.35. The molecule has 5 nitrogen and oxygen atoms in total. The maximum absolute atomic E-state index is 8.74. The van der Waals surface area contributed by atoms with Gasteiger partial charge in [0.1, 0.15) is 11.5 Å². The molecule has 2 rings (SSSR count). The molecule has 0 saturated heterocycles. The van der Waals surface area contributed by atoms with Crippen LogP contribution in [0.3, 0.4) is 0 Å². The Morgan fingerprint density at radius 2 is 1.76 bits per heavy atom. The fraction of sp³-hybridized carbons (Fsp3) is 0.0714. The standard InChI is InChI=1S/C14H11BBrNO4/c16-14-6-5-13(7-11(14)9-20-15(18)19)21-12-3-1-10(8-17)2-4-12/h1-7,18-19H,9H2. The number of ether oxygens (including phenoxy) is 1. The third-order valence-electron chi connectivity index (χ3n) is 2.62. The molecule has 0 bridgehead atoms. The molecule has 0 aliphatic heterocycles. The average Bonchev–Trinajstić information content (AvgIpc) is 2.48. The van der Waals surface area contributed by atoms with Gasteiger partial charge >= 0.3 is 7.32 Å². The molecule has 2 N–H and O–H groups in total. The molecule has 0 radical (unpaired) electrons. The second kappa shape index (κ2) is 7.25. The van der Waals surface area contributed by atoms with E-state index in [0.29, 0.717) is 22.6 Å². The van der Waals surface area contributed by atoms with Crippen LogP contribution < -0.4 is 4.74 Å². The first-order chi connectivity index (χ1) is 10.1. The summed E-state index contributed by atoms with van der Waals surface area (Å²) in [6.45, 7) is 0.0306. The molecule has 2 aromatic rings. The van der Waals surface area contributed by atoms with Crippen LogP contribution in [-0.2, 0) is 11.3 Å². The Morgan fingerprint density at radius 1 is 1.10 bits per heavy atom. The van der Waals surface area contributed by atoms with E-state index in [1.54, 1.807) is 42.5 Å². The lowest BCUT2D eigenvalue weighted by Crippen LogP contribution is -2.16. The summed E-state index contributed by atoms with van der Waals surface area (Å²) in [5, 5.41) is 26.2. The number of hydrogen-bond acceptors (Lipinski definition) is 5. The van der Waals surface area contributed by atoms with E-state index >= 15 is 0 Å². The minimum Gasteiger partial charge on any atom is -0.457 e. The van der Waals surface area contributed by atoms with Crippen LogP contribution in [0.2, 0.25) is 0 Å². The van der Waals surface area contributed by atoms with Crippen LogP contribution in [0.5, 0.6) is 11.5 Å². The van der Waals surface area contributed by atoms with E-state index in [1.165, 1.54) is 0 Å². The molecule has 0 unspecified atom stereocenters. The van der Waals surface area contributed by atoms with E-state index in [-0.39, 0.29) is 6.61 Å². The Balaban J connectivity index is 2.12. The molecule has 0 saturated carbocycles. The van der Waals surface area contributed by atoms with Crippen molar-refractivity contribution in [1.29, 1.82) is 5.26 Å². The molecule has 0 aliphatic carbocycles.